The van der Waals surface area contributed by atoms with Gasteiger partial charge in [0.2, 0.25) is 0 Å². The molecule has 0 N–H and O–H groups in total. The van der Waals surface area contributed by atoms with Gasteiger partial charge in [0.25, 0.3) is 0 Å². The van der Waals surface area contributed by atoms with E-state index in [4.69, 9.17) is 16.3 Å². The van der Waals surface area contributed by atoms with Crippen LogP contribution >= 0.6 is 11.6 Å². The van der Waals surface area contributed by atoms with Crippen molar-refractivity contribution in [3.05, 3.63) is 47.0 Å². The summed E-state index contributed by atoms with van der Waals surface area (Å²) in [6.45, 7) is 0. The van der Waals surface area contributed by atoms with E-state index in [1.807, 2.05) is 30.3 Å². The molecule has 0 amide bonds. The highest BCUT2D eigenvalue weighted by atomic mass is 35.5. The maximum absolute atomic E-state index is 11.8. The van der Waals surface area contributed by atoms with Crippen LogP contribution in [0, 0.1) is 0 Å². The summed E-state index contributed by atoms with van der Waals surface area (Å²) in [7, 11) is 0. The number of epoxide rings is 1. The van der Waals surface area contributed by atoms with E-state index >= 15 is 0 Å². The minimum absolute atomic E-state index is 0.0868. The molecule has 2 unspecified atom stereocenters. The van der Waals surface area contributed by atoms with Gasteiger partial charge in [0, 0.05) is 5.02 Å². The fraction of sp³-hybridized carbons (Fsp3) is 0.308. The zero-order valence-electron chi connectivity index (χ0n) is 8.65. The molecule has 1 fully saturated rings. The molecule has 3 heteroatoms. The first-order valence-electron chi connectivity index (χ1n) is 5.37. The first-order valence-corrected chi connectivity index (χ1v) is 5.74. The van der Waals surface area contributed by atoms with Crippen molar-refractivity contribution in [1.82, 2.24) is 0 Å². The Bertz CT molecular complexity index is 481. The lowest BCUT2D eigenvalue weighted by Crippen LogP contribution is -2.25. The van der Waals surface area contributed by atoms with E-state index in [2.05, 4.69) is 0 Å². The molecule has 1 heterocycles. The Hall–Kier alpha value is -1.12. The van der Waals surface area contributed by atoms with Crippen LogP contribution in [0.3, 0.4) is 0 Å². The molecule has 2 nitrogen and oxygen atoms in total. The lowest BCUT2D eigenvalue weighted by molar-refractivity contribution is -0.120. The largest absolute Gasteiger partial charge is 0.352 e. The number of allylic oxidation sites excluding steroid dienone is 1. The molecule has 0 saturated carbocycles. The number of carbonyl (C=O) groups is 1. The third-order valence-corrected chi connectivity index (χ3v) is 3.45. The third-order valence-electron chi connectivity index (χ3n) is 3.21. The van der Waals surface area contributed by atoms with E-state index in [1.54, 1.807) is 6.08 Å². The summed E-state index contributed by atoms with van der Waals surface area (Å²) in [6, 6.07) is 7.53. The molecule has 0 bridgehead atoms. The second-order valence-electron chi connectivity index (χ2n) is 4.25. The van der Waals surface area contributed by atoms with Crippen LogP contribution in [0.2, 0.25) is 5.02 Å². The number of ether oxygens (including phenoxy) is 1. The lowest BCUT2D eigenvalue weighted by atomic mass is 9.87. The predicted molar refractivity (Wildman–Crippen MR) is 61.4 cm³/mol. The second-order valence-corrected chi connectivity index (χ2v) is 4.68. The zero-order chi connectivity index (χ0) is 11.2. The van der Waals surface area contributed by atoms with Gasteiger partial charge in [-0.1, -0.05) is 29.8 Å². The number of benzene rings is 1. The van der Waals surface area contributed by atoms with Crippen LogP contribution in [0.25, 0.3) is 0 Å². The first kappa shape index (κ1) is 10.1. The number of hydrogen-bond donors (Lipinski definition) is 0. The van der Waals surface area contributed by atoms with Crippen molar-refractivity contribution in [2.75, 3.05) is 0 Å². The molecule has 82 valence electrons. The summed E-state index contributed by atoms with van der Waals surface area (Å²) in [5.41, 5.74) is 0.413. The predicted octanol–water partition coefficient (Wildman–Crippen LogP) is 3.07. The molecule has 1 aromatic carbocycles. The summed E-state index contributed by atoms with van der Waals surface area (Å²) < 4.78 is 5.64. The molecule has 0 aromatic heterocycles. The van der Waals surface area contributed by atoms with Gasteiger partial charge in [0.1, 0.15) is 6.10 Å². The van der Waals surface area contributed by atoms with E-state index in [-0.39, 0.29) is 11.9 Å². The van der Waals surface area contributed by atoms with Gasteiger partial charge in [-0.3, -0.25) is 4.79 Å². The van der Waals surface area contributed by atoms with Crippen LogP contribution in [0.5, 0.6) is 0 Å². The summed E-state index contributed by atoms with van der Waals surface area (Å²) in [5, 5.41) is 0.682. The normalized spacial score (nSPS) is 32.1. The fourth-order valence-corrected chi connectivity index (χ4v) is 2.51. The van der Waals surface area contributed by atoms with Gasteiger partial charge in [-0.05, 0) is 36.6 Å². The van der Waals surface area contributed by atoms with E-state index < -0.39 is 5.60 Å². The molecule has 0 radical (unpaired) electrons. The van der Waals surface area contributed by atoms with Gasteiger partial charge >= 0.3 is 0 Å². The number of halogens is 1. The minimum Gasteiger partial charge on any atom is -0.352 e. The van der Waals surface area contributed by atoms with Crippen molar-refractivity contribution >= 4 is 17.4 Å². The average molecular weight is 235 g/mol. The van der Waals surface area contributed by atoms with Crippen molar-refractivity contribution in [1.29, 1.82) is 0 Å². The Kier molecular flexibility index (Phi) is 2.16. The zero-order valence-corrected chi connectivity index (χ0v) is 9.41. The molecular weight excluding hydrogens is 224 g/mol. The number of ketones is 1. The van der Waals surface area contributed by atoms with Crippen molar-refractivity contribution in [3.63, 3.8) is 0 Å². The third kappa shape index (κ3) is 1.41. The highest BCUT2D eigenvalue weighted by Crippen LogP contribution is 2.54. The van der Waals surface area contributed by atoms with Crippen molar-refractivity contribution < 1.29 is 9.53 Å². The SMILES string of the molecule is O=C1C=CCCC12OC2c1cccc(Cl)c1. The summed E-state index contributed by atoms with van der Waals surface area (Å²) in [4.78, 5) is 11.8. The van der Waals surface area contributed by atoms with Crippen LogP contribution in [-0.4, -0.2) is 11.4 Å². The van der Waals surface area contributed by atoms with Gasteiger partial charge in [-0.25, -0.2) is 0 Å². The van der Waals surface area contributed by atoms with E-state index in [0.717, 1.165) is 18.4 Å². The number of carbonyl (C=O) groups excluding carboxylic acids is 1. The smallest absolute Gasteiger partial charge is 0.190 e. The molecule has 3 rings (SSSR count). The number of rotatable bonds is 1. The molecule has 16 heavy (non-hydrogen) atoms. The number of hydrogen-bond acceptors (Lipinski definition) is 2. The van der Waals surface area contributed by atoms with Crippen molar-refractivity contribution in [2.45, 2.75) is 24.5 Å². The molecular formula is C13H11ClO2. The van der Waals surface area contributed by atoms with Crippen LogP contribution in [0.15, 0.2) is 36.4 Å². The molecule has 2 atom stereocenters. The molecule has 1 spiro atoms. The van der Waals surface area contributed by atoms with Crippen LogP contribution < -0.4 is 0 Å². The first-order chi connectivity index (χ1) is 7.72. The van der Waals surface area contributed by atoms with Crippen LogP contribution in [0.4, 0.5) is 0 Å². The highest BCUT2D eigenvalue weighted by Gasteiger charge is 2.61. The molecule has 1 saturated heterocycles. The maximum atomic E-state index is 11.8. The van der Waals surface area contributed by atoms with Gasteiger partial charge in [0.15, 0.2) is 11.4 Å². The summed E-state index contributed by atoms with van der Waals surface area (Å²) in [6.07, 6.45) is 5.12. The average Bonchev–Trinajstić information content (AvgIpc) is 2.99. The second kappa shape index (κ2) is 3.44. The minimum atomic E-state index is -0.584. The fourth-order valence-electron chi connectivity index (χ4n) is 2.31. The monoisotopic (exact) mass is 234 g/mol. The van der Waals surface area contributed by atoms with Crippen molar-refractivity contribution in [3.8, 4) is 0 Å². The van der Waals surface area contributed by atoms with Gasteiger partial charge in [-0.15, -0.1) is 0 Å². The molecule has 1 aliphatic carbocycles. The van der Waals surface area contributed by atoms with Gasteiger partial charge in [0.05, 0.1) is 0 Å². The van der Waals surface area contributed by atoms with Crippen LogP contribution in [0.1, 0.15) is 24.5 Å². The van der Waals surface area contributed by atoms with Gasteiger partial charge in [-0.2, -0.15) is 0 Å². The Morgan fingerprint density at radius 2 is 2.31 bits per heavy atom. The molecule has 1 aromatic rings. The molecule has 2 aliphatic rings. The highest BCUT2D eigenvalue weighted by molar-refractivity contribution is 6.30. The molecule has 1 aliphatic heterocycles. The Labute approximate surface area is 98.9 Å². The quantitative estimate of drug-likeness (QED) is 0.699. The van der Waals surface area contributed by atoms with Crippen LogP contribution in [-0.2, 0) is 9.53 Å². The lowest BCUT2D eigenvalue weighted by Gasteiger charge is -2.12. The Balaban J connectivity index is 1.90. The summed E-state index contributed by atoms with van der Waals surface area (Å²) >= 11 is 5.93. The van der Waals surface area contributed by atoms with E-state index in [0.29, 0.717) is 5.02 Å². The van der Waals surface area contributed by atoms with Crippen molar-refractivity contribution in [2.24, 2.45) is 0 Å². The summed E-state index contributed by atoms with van der Waals surface area (Å²) in [5.74, 6) is 0.0868. The Morgan fingerprint density at radius 3 is 3.06 bits per heavy atom. The standard InChI is InChI=1S/C13H11ClO2/c14-10-5-3-4-9(8-10)12-13(16-12)7-2-1-6-11(13)15/h1,3-6,8,12H,2,7H2. The van der Waals surface area contributed by atoms with Gasteiger partial charge < -0.3 is 4.74 Å². The Morgan fingerprint density at radius 1 is 1.44 bits per heavy atom. The van der Waals surface area contributed by atoms with E-state index in [1.165, 1.54) is 0 Å². The maximum Gasteiger partial charge on any atom is 0.190 e. The van der Waals surface area contributed by atoms with E-state index in [9.17, 15) is 4.79 Å². The topological polar surface area (TPSA) is 29.6 Å².